The van der Waals surface area contributed by atoms with E-state index in [0.29, 0.717) is 27.6 Å². The summed E-state index contributed by atoms with van der Waals surface area (Å²) in [6.45, 7) is 4.55. The highest BCUT2D eigenvalue weighted by Gasteiger charge is 2.40. The second kappa shape index (κ2) is 6.02. The monoisotopic (exact) mass is 332 g/mol. The standard InChI is InChI=1S/C17H20N2O3S/c1-11-16(12-4-7-19(11)8-5-12)18-17(20)14-2-3-15(23-14)22-13-6-9-21-10-13/h2-3,6,9-12,16H,4-5,7-8H2,1H3,(H,18,20)/t11-,16+/m1/s1. The molecule has 3 saturated heterocycles. The Labute approximate surface area is 139 Å². The Kier molecular flexibility index (Phi) is 3.87. The molecule has 2 aromatic heterocycles. The van der Waals surface area contributed by atoms with E-state index in [0.717, 1.165) is 0 Å². The fourth-order valence-corrected chi connectivity index (χ4v) is 4.47. The van der Waals surface area contributed by atoms with Crippen molar-refractivity contribution in [3.8, 4) is 10.8 Å². The largest absolute Gasteiger partial charge is 0.469 e. The number of nitrogens with one attached hydrogen (secondary N) is 1. The Hall–Kier alpha value is -1.79. The van der Waals surface area contributed by atoms with Gasteiger partial charge in [-0.05, 0) is 50.9 Å². The Balaban J connectivity index is 1.42. The van der Waals surface area contributed by atoms with Crippen molar-refractivity contribution in [2.45, 2.75) is 31.8 Å². The number of carbonyl (C=O) groups excluding carboxylic acids is 1. The molecule has 1 N–H and O–H groups in total. The molecule has 1 amide bonds. The molecule has 2 aromatic rings. The number of nitrogens with zero attached hydrogens (tertiary/aromatic N) is 1. The van der Waals surface area contributed by atoms with E-state index >= 15 is 0 Å². The van der Waals surface area contributed by atoms with Crippen LogP contribution in [0.3, 0.4) is 0 Å². The second-order valence-electron chi connectivity index (χ2n) is 6.29. The van der Waals surface area contributed by atoms with Gasteiger partial charge in [-0.25, -0.2) is 0 Å². The zero-order chi connectivity index (χ0) is 15.8. The van der Waals surface area contributed by atoms with E-state index in [2.05, 4.69) is 17.1 Å². The van der Waals surface area contributed by atoms with Crippen LogP contribution in [0, 0.1) is 5.92 Å². The van der Waals surface area contributed by atoms with E-state index in [4.69, 9.17) is 9.15 Å². The lowest BCUT2D eigenvalue weighted by Gasteiger charge is -2.49. The normalized spacial score (nSPS) is 29.4. The number of hydrogen-bond donors (Lipinski definition) is 1. The molecule has 3 aliphatic heterocycles. The van der Waals surface area contributed by atoms with Gasteiger partial charge in [-0.15, -0.1) is 0 Å². The lowest BCUT2D eigenvalue weighted by Crippen LogP contribution is -2.62. The van der Waals surface area contributed by atoms with Crippen molar-refractivity contribution in [2.24, 2.45) is 5.92 Å². The number of amides is 1. The van der Waals surface area contributed by atoms with Crippen LogP contribution >= 0.6 is 11.3 Å². The molecule has 0 radical (unpaired) electrons. The average Bonchev–Trinajstić information content (AvgIpc) is 3.23. The molecule has 0 aliphatic carbocycles. The van der Waals surface area contributed by atoms with Crippen molar-refractivity contribution < 1.29 is 13.9 Å². The third-order valence-corrected chi connectivity index (χ3v) is 5.96. The Bertz CT molecular complexity index is 672. The number of piperidine rings is 3. The fraction of sp³-hybridized carbons (Fsp3) is 0.471. The van der Waals surface area contributed by atoms with Crippen LogP contribution in [0.5, 0.6) is 10.8 Å². The number of fused-ring (bicyclic) bond motifs is 3. The van der Waals surface area contributed by atoms with Crippen molar-refractivity contribution in [1.29, 1.82) is 0 Å². The summed E-state index contributed by atoms with van der Waals surface area (Å²) in [4.78, 5) is 15.7. The first-order chi connectivity index (χ1) is 11.2. The molecular weight excluding hydrogens is 312 g/mol. The van der Waals surface area contributed by atoms with Gasteiger partial charge in [0.15, 0.2) is 10.8 Å². The molecule has 0 aromatic carbocycles. The Morgan fingerprint density at radius 3 is 2.87 bits per heavy atom. The number of furan rings is 1. The first-order valence-electron chi connectivity index (χ1n) is 8.05. The summed E-state index contributed by atoms with van der Waals surface area (Å²) >= 11 is 1.36. The fourth-order valence-electron chi connectivity index (χ4n) is 3.69. The first-order valence-corrected chi connectivity index (χ1v) is 8.87. The number of hydrogen-bond acceptors (Lipinski definition) is 5. The minimum Gasteiger partial charge on any atom is -0.469 e. The van der Waals surface area contributed by atoms with Crippen LogP contribution in [0.25, 0.3) is 0 Å². The third kappa shape index (κ3) is 2.88. The maximum atomic E-state index is 12.6. The number of rotatable bonds is 4. The van der Waals surface area contributed by atoms with Gasteiger partial charge in [0.2, 0.25) is 0 Å². The molecule has 0 saturated carbocycles. The molecule has 3 fully saturated rings. The molecule has 5 rings (SSSR count). The lowest BCUT2D eigenvalue weighted by molar-refractivity contribution is 0.0218. The smallest absolute Gasteiger partial charge is 0.261 e. The SMILES string of the molecule is C[C@@H]1[C@H](NC(=O)c2ccc(Oc3ccoc3)s2)C2CCN1CC2. The van der Waals surface area contributed by atoms with Gasteiger partial charge in [0.05, 0.1) is 11.1 Å². The van der Waals surface area contributed by atoms with Gasteiger partial charge in [-0.2, -0.15) is 0 Å². The van der Waals surface area contributed by atoms with E-state index in [1.165, 1.54) is 43.5 Å². The number of carbonyl (C=O) groups is 1. The van der Waals surface area contributed by atoms with Crippen LogP contribution in [0.4, 0.5) is 0 Å². The summed E-state index contributed by atoms with van der Waals surface area (Å²) in [5.74, 6) is 1.26. The first kappa shape index (κ1) is 14.8. The van der Waals surface area contributed by atoms with Crippen LogP contribution in [0.1, 0.15) is 29.4 Å². The average molecular weight is 332 g/mol. The van der Waals surface area contributed by atoms with Crippen molar-refractivity contribution in [2.75, 3.05) is 13.1 Å². The quantitative estimate of drug-likeness (QED) is 0.933. The molecule has 2 atom stereocenters. The van der Waals surface area contributed by atoms with E-state index in [-0.39, 0.29) is 11.9 Å². The van der Waals surface area contributed by atoms with Crippen molar-refractivity contribution in [3.63, 3.8) is 0 Å². The van der Waals surface area contributed by atoms with E-state index in [9.17, 15) is 4.79 Å². The third-order valence-electron chi connectivity index (χ3n) is 4.99. The van der Waals surface area contributed by atoms with Crippen LogP contribution in [-0.2, 0) is 0 Å². The molecule has 122 valence electrons. The molecule has 6 heteroatoms. The molecule has 5 nitrogen and oxygen atoms in total. The van der Waals surface area contributed by atoms with Gasteiger partial charge in [-0.3, -0.25) is 9.69 Å². The minimum atomic E-state index is 0.00245. The summed E-state index contributed by atoms with van der Waals surface area (Å²) in [7, 11) is 0. The van der Waals surface area contributed by atoms with Crippen molar-refractivity contribution >= 4 is 17.2 Å². The molecule has 0 spiro atoms. The lowest BCUT2D eigenvalue weighted by atomic mass is 9.79. The summed E-state index contributed by atoms with van der Waals surface area (Å²) in [5.41, 5.74) is 0. The highest BCUT2D eigenvalue weighted by Crippen LogP contribution is 2.33. The zero-order valence-electron chi connectivity index (χ0n) is 13.0. The van der Waals surface area contributed by atoms with Crippen LogP contribution in [-0.4, -0.2) is 36.0 Å². The van der Waals surface area contributed by atoms with E-state index < -0.39 is 0 Å². The summed E-state index contributed by atoms with van der Waals surface area (Å²) < 4.78 is 10.6. The van der Waals surface area contributed by atoms with Crippen molar-refractivity contribution in [3.05, 3.63) is 35.6 Å². The van der Waals surface area contributed by atoms with E-state index in [1.807, 2.05) is 12.1 Å². The molecule has 3 aliphatic rings. The molecular formula is C17H20N2O3S. The highest BCUT2D eigenvalue weighted by molar-refractivity contribution is 7.15. The van der Waals surface area contributed by atoms with E-state index in [1.54, 1.807) is 12.3 Å². The predicted octanol–water partition coefficient (Wildman–Crippen LogP) is 3.35. The van der Waals surface area contributed by atoms with Crippen LogP contribution in [0.15, 0.2) is 35.1 Å². The summed E-state index contributed by atoms with van der Waals surface area (Å²) in [6.07, 6.45) is 5.48. The summed E-state index contributed by atoms with van der Waals surface area (Å²) in [5, 5.41) is 3.94. The summed E-state index contributed by atoms with van der Waals surface area (Å²) in [6, 6.07) is 6.07. The van der Waals surface area contributed by atoms with Gasteiger partial charge in [0, 0.05) is 18.2 Å². The topological polar surface area (TPSA) is 54.7 Å². The molecule has 0 unspecified atom stereocenters. The zero-order valence-corrected chi connectivity index (χ0v) is 13.8. The Morgan fingerprint density at radius 2 is 2.17 bits per heavy atom. The Morgan fingerprint density at radius 1 is 1.35 bits per heavy atom. The highest BCUT2D eigenvalue weighted by atomic mass is 32.1. The van der Waals surface area contributed by atoms with Gasteiger partial charge < -0.3 is 14.5 Å². The van der Waals surface area contributed by atoms with Crippen LogP contribution in [0.2, 0.25) is 0 Å². The second-order valence-corrected chi connectivity index (χ2v) is 7.34. The van der Waals surface area contributed by atoms with Gasteiger partial charge in [0.1, 0.15) is 6.26 Å². The molecule has 5 heterocycles. The van der Waals surface area contributed by atoms with Gasteiger partial charge >= 0.3 is 0 Å². The maximum absolute atomic E-state index is 12.6. The van der Waals surface area contributed by atoms with Gasteiger partial charge in [-0.1, -0.05) is 11.3 Å². The van der Waals surface area contributed by atoms with Crippen LogP contribution < -0.4 is 10.1 Å². The molecule has 2 bridgehead atoms. The number of ether oxygens (including phenoxy) is 1. The maximum Gasteiger partial charge on any atom is 0.261 e. The number of thiophene rings is 1. The minimum absolute atomic E-state index is 0.00245. The molecule has 23 heavy (non-hydrogen) atoms. The van der Waals surface area contributed by atoms with Crippen molar-refractivity contribution in [1.82, 2.24) is 10.2 Å². The van der Waals surface area contributed by atoms with Gasteiger partial charge in [0.25, 0.3) is 5.91 Å². The predicted molar refractivity (Wildman–Crippen MR) is 88.1 cm³/mol.